The number of carbonyl (C=O) groups is 1. The Morgan fingerprint density at radius 3 is 2.62 bits per heavy atom. The highest BCUT2D eigenvalue weighted by molar-refractivity contribution is 5.70. The summed E-state index contributed by atoms with van der Waals surface area (Å²) >= 11 is 0. The van der Waals surface area contributed by atoms with Crippen LogP contribution in [0.3, 0.4) is 0 Å². The molecule has 37 heavy (non-hydrogen) atoms. The topological polar surface area (TPSA) is 57.7 Å². The van der Waals surface area contributed by atoms with Crippen molar-refractivity contribution >= 4 is 5.97 Å². The van der Waals surface area contributed by atoms with E-state index in [2.05, 4.69) is 29.6 Å². The first-order chi connectivity index (χ1) is 17.7. The van der Waals surface area contributed by atoms with Crippen molar-refractivity contribution in [3.63, 3.8) is 0 Å². The van der Waals surface area contributed by atoms with Crippen molar-refractivity contribution in [2.75, 3.05) is 14.2 Å². The summed E-state index contributed by atoms with van der Waals surface area (Å²) in [6, 6.07) is 12.4. The molecule has 0 saturated heterocycles. The zero-order valence-corrected chi connectivity index (χ0v) is 21.8. The average Bonchev–Trinajstić information content (AvgIpc) is 3.26. The minimum Gasteiger partial charge on any atom is -0.486 e. The molecule has 1 aliphatic rings. The van der Waals surface area contributed by atoms with Gasteiger partial charge in [0.15, 0.2) is 11.6 Å². The monoisotopic (exact) mass is 509 g/mol. The first-order valence-corrected chi connectivity index (χ1v) is 12.5. The van der Waals surface area contributed by atoms with Gasteiger partial charge in [-0.3, -0.25) is 4.79 Å². The maximum atomic E-state index is 15.0. The van der Waals surface area contributed by atoms with Crippen LogP contribution in [0.25, 0.3) is 11.1 Å². The van der Waals surface area contributed by atoms with Crippen LogP contribution >= 0.6 is 0 Å². The van der Waals surface area contributed by atoms with E-state index in [1.54, 1.807) is 24.3 Å². The van der Waals surface area contributed by atoms with Crippen molar-refractivity contribution < 1.29 is 27.8 Å². The predicted octanol–water partition coefficient (Wildman–Crippen LogP) is 7.01. The van der Waals surface area contributed by atoms with Gasteiger partial charge in [0.1, 0.15) is 12.4 Å². The Morgan fingerprint density at radius 1 is 1.11 bits per heavy atom. The van der Waals surface area contributed by atoms with Crippen LogP contribution in [0, 0.1) is 17.0 Å². The number of methoxy groups -OCH3 is 2. The van der Waals surface area contributed by atoms with Gasteiger partial charge in [0.05, 0.1) is 20.4 Å². The molecular formula is C30H33F2NO4. The molecule has 0 amide bonds. The van der Waals surface area contributed by atoms with Crippen LogP contribution in [0.4, 0.5) is 8.78 Å². The van der Waals surface area contributed by atoms with Crippen molar-refractivity contribution in [1.82, 2.24) is 4.98 Å². The normalized spacial score (nSPS) is 16.4. The smallest absolute Gasteiger partial charge is 0.305 e. The number of benzene rings is 2. The van der Waals surface area contributed by atoms with Crippen LogP contribution in [-0.2, 0) is 22.6 Å². The molecule has 2 aromatic carbocycles. The lowest BCUT2D eigenvalue weighted by Gasteiger charge is -2.30. The molecule has 1 aromatic heterocycles. The Morgan fingerprint density at radius 2 is 1.92 bits per heavy atom. The molecule has 4 rings (SSSR count). The van der Waals surface area contributed by atoms with Crippen molar-refractivity contribution in [2.24, 2.45) is 5.41 Å². The number of halogens is 2. The molecule has 0 aliphatic heterocycles. The van der Waals surface area contributed by atoms with Gasteiger partial charge in [-0.25, -0.2) is 13.8 Å². The van der Waals surface area contributed by atoms with Crippen LogP contribution in [0.2, 0.25) is 0 Å². The summed E-state index contributed by atoms with van der Waals surface area (Å²) in [6.07, 6.45) is 4.70. The lowest BCUT2D eigenvalue weighted by molar-refractivity contribution is -0.140. The van der Waals surface area contributed by atoms with E-state index < -0.39 is 17.6 Å². The number of aryl methyl sites for hydroxylation is 1. The number of hydrogen-bond acceptors (Lipinski definition) is 5. The minimum absolute atomic E-state index is 0.0574. The Hall–Kier alpha value is -3.48. The summed E-state index contributed by atoms with van der Waals surface area (Å²) in [5.41, 5.74) is 3.61. The second kappa shape index (κ2) is 11.3. The van der Waals surface area contributed by atoms with Gasteiger partial charge in [0.25, 0.3) is 0 Å². The van der Waals surface area contributed by atoms with Crippen LogP contribution in [0.1, 0.15) is 62.1 Å². The van der Waals surface area contributed by atoms with E-state index in [0.29, 0.717) is 17.0 Å². The SMILES string of the molecule is COC(=O)CCc1cccc(OCc2ccc(-c3cc(OC)ncc3F)c([C@@H]3CCCC3(C)C)c2)c1F. The van der Waals surface area contributed by atoms with Gasteiger partial charge in [-0.15, -0.1) is 0 Å². The second-order valence-corrected chi connectivity index (χ2v) is 10.2. The Balaban J connectivity index is 1.64. The number of rotatable bonds is 9. The lowest BCUT2D eigenvalue weighted by Crippen LogP contribution is -2.17. The largest absolute Gasteiger partial charge is 0.486 e. The number of aromatic nitrogens is 1. The zero-order chi connectivity index (χ0) is 26.6. The van der Waals surface area contributed by atoms with Crippen molar-refractivity contribution in [2.45, 2.75) is 58.5 Å². The van der Waals surface area contributed by atoms with Gasteiger partial charge < -0.3 is 14.2 Å². The van der Waals surface area contributed by atoms with E-state index in [1.165, 1.54) is 20.4 Å². The van der Waals surface area contributed by atoms with Crippen molar-refractivity contribution in [3.05, 3.63) is 77.0 Å². The number of pyridine rings is 1. The van der Waals surface area contributed by atoms with Crippen LogP contribution < -0.4 is 9.47 Å². The summed E-state index contributed by atoms with van der Waals surface area (Å²) < 4.78 is 45.7. The van der Waals surface area contributed by atoms with Crippen LogP contribution in [-0.4, -0.2) is 25.2 Å². The third-order valence-electron chi connectivity index (χ3n) is 7.34. The number of esters is 1. The summed E-state index contributed by atoms with van der Waals surface area (Å²) in [4.78, 5) is 15.4. The van der Waals surface area contributed by atoms with Gasteiger partial charge in [0, 0.05) is 18.1 Å². The number of ether oxygens (including phenoxy) is 3. The first-order valence-electron chi connectivity index (χ1n) is 12.5. The second-order valence-electron chi connectivity index (χ2n) is 10.2. The van der Waals surface area contributed by atoms with Crippen molar-refractivity contribution in [3.8, 4) is 22.8 Å². The van der Waals surface area contributed by atoms with Gasteiger partial charge in [-0.2, -0.15) is 0 Å². The molecule has 3 aromatic rings. The molecule has 1 heterocycles. The van der Waals surface area contributed by atoms with E-state index in [0.717, 1.165) is 36.0 Å². The van der Waals surface area contributed by atoms with Crippen LogP contribution in [0.5, 0.6) is 11.6 Å². The van der Waals surface area contributed by atoms with Gasteiger partial charge in [0.2, 0.25) is 5.88 Å². The fourth-order valence-corrected chi connectivity index (χ4v) is 5.24. The summed E-state index contributed by atoms with van der Waals surface area (Å²) in [6.45, 7) is 4.65. The molecule has 5 nitrogen and oxygen atoms in total. The molecule has 0 radical (unpaired) electrons. The van der Waals surface area contributed by atoms with E-state index in [4.69, 9.17) is 9.47 Å². The fraction of sp³-hybridized carbons (Fsp3) is 0.400. The maximum Gasteiger partial charge on any atom is 0.305 e. The molecular weight excluding hydrogens is 476 g/mol. The molecule has 1 fully saturated rings. The quantitative estimate of drug-likeness (QED) is 0.290. The minimum atomic E-state index is -0.480. The highest BCUT2D eigenvalue weighted by Gasteiger charge is 2.37. The van der Waals surface area contributed by atoms with Gasteiger partial charge in [-0.1, -0.05) is 50.6 Å². The lowest BCUT2D eigenvalue weighted by atomic mass is 9.75. The predicted molar refractivity (Wildman–Crippen MR) is 138 cm³/mol. The van der Waals surface area contributed by atoms with Gasteiger partial charge >= 0.3 is 5.97 Å². The summed E-state index contributed by atoms with van der Waals surface area (Å²) in [5, 5.41) is 0. The number of nitrogens with zero attached hydrogens (tertiary/aromatic N) is 1. The molecule has 0 spiro atoms. The van der Waals surface area contributed by atoms with Gasteiger partial charge in [-0.05, 0) is 58.9 Å². The summed E-state index contributed by atoms with van der Waals surface area (Å²) in [7, 11) is 2.82. The Bertz CT molecular complexity index is 1270. The van der Waals surface area contributed by atoms with Crippen LogP contribution in [0.15, 0.2) is 48.7 Å². The van der Waals surface area contributed by atoms with E-state index in [1.807, 2.05) is 12.1 Å². The highest BCUT2D eigenvalue weighted by Crippen LogP contribution is 2.51. The zero-order valence-electron chi connectivity index (χ0n) is 21.8. The Labute approximate surface area is 216 Å². The first kappa shape index (κ1) is 26.6. The molecule has 0 unspecified atom stereocenters. The average molecular weight is 510 g/mol. The third kappa shape index (κ3) is 5.92. The highest BCUT2D eigenvalue weighted by atomic mass is 19.1. The molecule has 0 bridgehead atoms. The van der Waals surface area contributed by atoms with E-state index >= 15 is 4.39 Å². The number of hydrogen-bond donors (Lipinski definition) is 0. The molecule has 7 heteroatoms. The molecule has 1 saturated carbocycles. The standard InChI is InChI=1S/C30H33F2NO4/c1-30(2)14-6-8-24(30)22-15-19(10-12-21(22)23-16-27(35-3)33-17-25(23)31)18-37-26-9-5-7-20(29(26)32)11-13-28(34)36-4/h5,7,9-10,12,15-17,24H,6,8,11,13-14,18H2,1-4H3/t24-/m0/s1. The fourth-order valence-electron chi connectivity index (χ4n) is 5.24. The summed E-state index contributed by atoms with van der Waals surface area (Å²) in [5.74, 6) is -0.572. The maximum absolute atomic E-state index is 15.0. The third-order valence-corrected chi connectivity index (χ3v) is 7.34. The Kier molecular flexibility index (Phi) is 8.10. The van der Waals surface area contributed by atoms with E-state index in [9.17, 15) is 9.18 Å². The molecule has 1 atom stereocenters. The van der Waals surface area contributed by atoms with Crippen molar-refractivity contribution in [1.29, 1.82) is 0 Å². The molecule has 1 aliphatic carbocycles. The number of carbonyl (C=O) groups excluding carboxylic acids is 1. The van der Waals surface area contributed by atoms with E-state index in [-0.39, 0.29) is 36.5 Å². The molecule has 196 valence electrons. The molecule has 0 N–H and O–H groups in total.